The summed E-state index contributed by atoms with van der Waals surface area (Å²) < 4.78 is 69.7. The summed E-state index contributed by atoms with van der Waals surface area (Å²) in [6.45, 7) is 2.82. The Morgan fingerprint density at radius 2 is 1.50 bits per heavy atom. The standard InChI is InChI=1S/C20H20F3N3O.C2HF3O2/c21-20(22,23)16-8-6-14(7-9-16)10-25-11-15-12-26(13-18(15)25)19(27)24-17-4-2-1-3-5-17;3-2(4,5)1(6)7/h1-9,15,18H,10-13H2,(H,24,27);(H,6,7). The molecule has 2 aliphatic rings. The lowest BCUT2D eigenvalue weighted by Gasteiger charge is -2.43. The van der Waals surface area contributed by atoms with Gasteiger partial charge in [0.15, 0.2) is 0 Å². The van der Waals surface area contributed by atoms with Crippen molar-refractivity contribution in [3.05, 3.63) is 65.7 Å². The zero-order chi connectivity index (χ0) is 25.1. The van der Waals surface area contributed by atoms with Gasteiger partial charge in [-0.15, -0.1) is 0 Å². The third-order valence-electron chi connectivity index (χ3n) is 5.57. The normalized spacial score (nSPS) is 20.0. The Balaban J connectivity index is 0.000000406. The van der Waals surface area contributed by atoms with Gasteiger partial charge in [0, 0.05) is 43.8 Å². The minimum atomic E-state index is -5.08. The van der Waals surface area contributed by atoms with Crippen molar-refractivity contribution >= 4 is 17.7 Å². The van der Waals surface area contributed by atoms with Crippen LogP contribution in [0.15, 0.2) is 54.6 Å². The van der Waals surface area contributed by atoms with Gasteiger partial charge in [-0.3, -0.25) is 4.90 Å². The molecule has 2 atom stereocenters. The molecule has 2 N–H and O–H groups in total. The van der Waals surface area contributed by atoms with E-state index in [1.165, 1.54) is 12.1 Å². The Bertz CT molecular complexity index is 996. The number of hydrogen-bond acceptors (Lipinski definition) is 3. The van der Waals surface area contributed by atoms with Crippen LogP contribution in [0.3, 0.4) is 0 Å². The molecule has 2 aliphatic heterocycles. The zero-order valence-electron chi connectivity index (χ0n) is 17.6. The van der Waals surface area contributed by atoms with Crippen LogP contribution in [0.2, 0.25) is 0 Å². The predicted octanol–water partition coefficient (Wildman–Crippen LogP) is 4.69. The van der Waals surface area contributed by atoms with E-state index in [-0.39, 0.29) is 12.1 Å². The van der Waals surface area contributed by atoms with Gasteiger partial charge in [-0.1, -0.05) is 30.3 Å². The number of carbonyl (C=O) groups is 2. The number of nitrogens with zero attached hydrogens (tertiary/aromatic N) is 2. The highest BCUT2D eigenvalue weighted by Crippen LogP contribution is 2.34. The summed E-state index contributed by atoms with van der Waals surface area (Å²) in [7, 11) is 0. The van der Waals surface area contributed by atoms with Gasteiger partial charge >= 0.3 is 24.4 Å². The van der Waals surface area contributed by atoms with E-state index in [1.54, 1.807) is 0 Å². The van der Waals surface area contributed by atoms with Crippen molar-refractivity contribution in [2.24, 2.45) is 5.92 Å². The molecule has 34 heavy (non-hydrogen) atoms. The molecule has 0 bridgehead atoms. The first-order valence-corrected chi connectivity index (χ1v) is 10.2. The molecule has 2 saturated heterocycles. The first kappa shape index (κ1) is 25.3. The van der Waals surface area contributed by atoms with E-state index < -0.39 is 23.9 Å². The second-order valence-electron chi connectivity index (χ2n) is 7.96. The summed E-state index contributed by atoms with van der Waals surface area (Å²) in [6, 6.07) is 14.8. The van der Waals surface area contributed by atoms with Gasteiger partial charge < -0.3 is 15.3 Å². The van der Waals surface area contributed by atoms with Crippen LogP contribution in [0.4, 0.5) is 36.8 Å². The molecular weight excluding hydrogens is 468 g/mol. The summed E-state index contributed by atoms with van der Waals surface area (Å²) in [4.78, 5) is 25.4. The number of benzene rings is 2. The number of urea groups is 1. The SMILES string of the molecule is O=C(Nc1ccccc1)N1CC2CN(Cc3ccc(C(F)(F)F)cc3)C2C1.O=C(O)C(F)(F)F. The van der Waals surface area contributed by atoms with Gasteiger partial charge in [0.05, 0.1) is 5.56 Å². The van der Waals surface area contributed by atoms with Crippen molar-refractivity contribution in [1.29, 1.82) is 0 Å². The first-order valence-electron chi connectivity index (χ1n) is 10.2. The summed E-state index contributed by atoms with van der Waals surface area (Å²) in [5, 5.41) is 10.0. The number of carboxylic acids is 1. The predicted molar refractivity (Wildman–Crippen MR) is 110 cm³/mol. The number of hydrogen-bond donors (Lipinski definition) is 2. The van der Waals surface area contributed by atoms with Gasteiger partial charge in [0.1, 0.15) is 0 Å². The van der Waals surface area contributed by atoms with Crippen molar-refractivity contribution in [2.45, 2.75) is 24.9 Å². The van der Waals surface area contributed by atoms with E-state index in [2.05, 4.69) is 10.2 Å². The number of alkyl halides is 6. The van der Waals surface area contributed by atoms with E-state index in [4.69, 9.17) is 9.90 Å². The zero-order valence-corrected chi connectivity index (χ0v) is 17.6. The highest BCUT2D eigenvalue weighted by molar-refractivity contribution is 5.89. The molecule has 6 nitrogen and oxygen atoms in total. The van der Waals surface area contributed by atoms with Crippen LogP contribution in [-0.2, 0) is 17.5 Å². The molecule has 0 aromatic heterocycles. The fourth-order valence-electron chi connectivity index (χ4n) is 3.85. The number of fused-ring (bicyclic) bond motifs is 1. The fraction of sp³-hybridized carbons (Fsp3) is 0.364. The largest absolute Gasteiger partial charge is 0.490 e. The van der Waals surface area contributed by atoms with E-state index in [0.717, 1.165) is 29.9 Å². The molecule has 2 fully saturated rings. The van der Waals surface area contributed by atoms with Crippen LogP contribution in [0, 0.1) is 5.92 Å². The van der Waals surface area contributed by atoms with Gasteiger partial charge in [-0.2, -0.15) is 26.3 Å². The molecule has 2 heterocycles. The Morgan fingerprint density at radius 3 is 2.03 bits per heavy atom. The number of carbonyl (C=O) groups excluding carboxylic acids is 1. The topological polar surface area (TPSA) is 72.9 Å². The number of nitrogens with one attached hydrogen (secondary N) is 1. The Labute approximate surface area is 190 Å². The van der Waals surface area contributed by atoms with Gasteiger partial charge in [-0.25, -0.2) is 9.59 Å². The monoisotopic (exact) mass is 489 g/mol. The van der Waals surface area contributed by atoms with E-state index in [9.17, 15) is 31.1 Å². The maximum Gasteiger partial charge on any atom is 0.490 e. The van der Waals surface area contributed by atoms with Crippen LogP contribution in [0.25, 0.3) is 0 Å². The number of carboxylic acid groups (broad SMARTS) is 1. The average Bonchev–Trinajstić information content (AvgIpc) is 3.09. The smallest absolute Gasteiger partial charge is 0.475 e. The molecule has 2 aromatic carbocycles. The Hall–Kier alpha value is -3.28. The lowest BCUT2D eigenvalue weighted by atomic mass is 9.91. The highest BCUT2D eigenvalue weighted by atomic mass is 19.4. The third-order valence-corrected chi connectivity index (χ3v) is 5.57. The highest BCUT2D eigenvalue weighted by Gasteiger charge is 2.46. The summed E-state index contributed by atoms with van der Waals surface area (Å²) in [6.07, 6.45) is -9.39. The minimum Gasteiger partial charge on any atom is -0.475 e. The number of likely N-dealkylation sites (tertiary alicyclic amines) is 2. The van der Waals surface area contributed by atoms with Crippen molar-refractivity contribution in [3.8, 4) is 0 Å². The molecule has 0 spiro atoms. The van der Waals surface area contributed by atoms with E-state index in [0.29, 0.717) is 25.6 Å². The molecule has 184 valence electrons. The van der Waals surface area contributed by atoms with Gasteiger partial charge in [-0.05, 0) is 29.8 Å². The molecule has 2 aromatic rings. The van der Waals surface area contributed by atoms with Gasteiger partial charge in [0.2, 0.25) is 0 Å². The Morgan fingerprint density at radius 1 is 0.912 bits per heavy atom. The number of anilines is 1. The summed E-state index contributed by atoms with van der Waals surface area (Å²) >= 11 is 0. The molecular formula is C22H21F6N3O3. The number of para-hydroxylation sites is 1. The maximum atomic E-state index is 12.7. The summed E-state index contributed by atoms with van der Waals surface area (Å²) in [5.41, 5.74) is 0.995. The minimum absolute atomic E-state index is 0.106. The van der Waals surface area contributed by atoms with Crippen molar-refractivity contribution in [2.75, 3.05) is 25.0 Å². The van der Waals surface area contributed by atoms with Crippen molar-refractivity contribution in [3.63, 3.8) is 0 Å². The fourth-order valence-corrected chi connectivity index (χ4v) is 3.85. The van der Waals surface area contributed by atoms with E-state index >= 15 is 0 Å². The molecule has 0 aliphatic carbocycles. The van der Waals surface area contributed by atoms with Crippen molar-refractivity contribution < 1.29 is 41.0 Å². The van der Waals surface area contributed by atoms with Crippen LogP contribution >= 0.6 is 0 Å². The number of rotatable bonds is 3. The van der Waals surface area contributed by atoms with Crippen LogP contribution in [-0.4, -0.2) is 58.8 Å². The van der Waals surface area contributed by atoms with Crippen molar-refractivity contribution in [1.82, 2.24) is 9.80 Å². The molecule has 0 radical (unpaired) electrons. The maximum absolute atomic E-state index is 12.7. The van der Waals surface area contributed by atoms with Gasteiger partial charge in [0.25, 0.3) is 0 Å². The number of halogens is 6. The molecule has 4 rings (SSSR count). The third kappa shape index (κ3) is 6.40. The lowest BCUT2D eigenvalue weighted by molar-refractivity contribution is -0.192. The van der Waals surface area contributed by atoms with Crippen LogP contribution in [0.1, 0.15) is 11.1 Å². The molecule has 2 amide bonds. The average molecular weight is 489 g/mol. The number of aliphatic carboxylic acids is 1. The van der Waals surface area contributed by atoms with E-state index in [1.807, 2.05) is 35.2 Å². The Kier molecular flexibility index (Phi) is 7.39. The number of amides is 2. The molecule has 0 saturated carbocycles. The molecule has 2 unspecified atom stereocenters. The van der Waals surface area contributed by atoms with Crippen LogP contribution in [0.5, 0.6) is 0 Å². The lowest BCUT2D eigenvalue weighted by Crippen LogP contribution is -2.54. The molecule has 12 heteroatoms. The quantitative estimate of drug-likeness (QED) is 0.614. The first-order chi connectivity index (χ1) is 15.8. The second-order valence-corrected chi connectivity index (χ2v) is 7.96. The summed E-state index contributed by atoms with van der Waals surface area (Å²) in [5.74, 6) is -2.33. The van der Waals surface area contributed by atoms with Crippen LogP contribution < -0.4 is 5.32 Å². The second kappa shape index (κ2) is 9.92.